The third-order valence-electron chi connectivity index (χ3n) is 6.89. The van der Waals surface area contributed by atoms with Crippen LogP contribution in [0.15, 0.2) is 60.9 Å². The van der Waals surface area contributed by atoms with Crippen molar-refractivity contribution in [2.45, 2.75) is 6.61 Å². The number of hydrogen-bond donors (Lipinski definition) is 2. The zero-order valence-electron chi connectivity index (χ0n) is 19.9. The van der Waals surface area contributed by atoms with Crippen molar-refractivity contribution < 1.29 is 14.1 Å². The van der Waals surface area contributed by atoms with Gasteiger partial charge in [-0.3, -0.25) is 10.1 Å². The molecule has 0 spiro atoms. The molecule has 0 unspecified atom stereocenters. The highest BCUT2D eigenvalue weighted by molar-refractivity contribution is 6.32. The molecular formula is C28H21ClFN5O3. The van der Waals surface area contributed by atoms with Gasteiger partial charge >= 0.3 is 0 Å². The van der Waals surface area contributed by atoms with Crippen LogP contribution in [0.1, 0.15) is 11.1 Å². The van der Waals surface area contributed by atoms with Gasteiger partial charge in [0, 0.05) is 23.1 Å². The highest BCUT2D eigenvalue weighted by Gasteiger charge is 2.51. The lowest BCUT2D eigenvalue weighted by atomic mass is 10.1. The summed E-state index contributed by atoms with van der Waals surface area (Å²) < 4.78 is 19.1. The molecule has 2 fully saturated rings. The van der Waals surface area contributed by atoms with Gasteiger partial charge in [-0.05, 0) is 66.9 Å². The van der Waals surface area contributed by atoms with E-state index in [9.17, 15) is 14.5 Å². The number of aromatic nitrogens is 2. The van der Waals surface area contributed by atoms with Crippen LogP contribution in [0, 0.1) is 45.5 Å². The van der Waals surface area contributed by atoms with E-state index >= 15 is 0 Å². The molecule has 38 heavy (non-hydrogen) atoms. The Balaban J connectivity index is 1.24. The molecule has 2 heterocycles. The third-order valence-corrected chi connectivity index (χ3v) is 7.19. The number of rotatable bonds is 6. The van der Waals surface area contributed by atoms with Gasteiger partial charge in [0.1, 0.15) is 35.9 Å². The fraction of sp³-hybridized carbons (Fsp3) is 0.214. The molecular weight excluding hydrogens is 509 g/mol. The van der Waals surface area contributed by atoms with Crippen molar-refractivity contribution in [2.75, 3.05) is 18.4 Å². The Labute approximate surface area is 222 Å². The van der Waals surface area contributed by atoms with Crippen LogP contribution in [0.4, 0.5) is 21.6 Å². The van der Waals surface area contributed by atoms with Crippen molar-refractivity contribution in [3.63, 3.8) is 0 Å². The summed E-state index contributed by atoms with van der Waals surface area (Å²) in [6.45, 7) is 2.07. The van der Waals surface area contributed by atoms with Gasteiger partial charge < -0.3 is 15.4 Å². The highest BCUT2D eigenvalue weighted by atomic mass is 35.5. The molecule has 8 nitrogen and oxygen atoms in total. The molecule has 3 atom stereocenters. The molecule has 0 bridgehead atoms. The van der Waals surface area contributed by atoms with Crippen LogP contribution in [-0.2, 0) is 6.61 Å². The molecule has 4 aromatic rings. The lowest BCUT2D eigenvalue weighted by Crippen LogP contribution is -2.13. The number of halogens is 2. The summed E-state index contributed by atoms with van der Waals surface area (Å²) in [5.41, 5.74) is 2.07. The molecule has 6 rings (SSSR count). The van der Waals surface area contributed by atoms with Gasteiger partial charge in [0.2, 0.25) is 0 Å². The van der Waals surface area contributed by atoms with Gasteiger partial charge in [-0.25, -0.2) is 14.4 Å². The zero-order chi connectivity index (χ0) is 26.2. The number of nitrogens with one attached hydrogen (secondary N) is 2. The van der Waals surface area contributed by atoms with Crippen LogP contribution in [0.2, 0.25) is 5.02 Å². The van der Waals surface area contributed by atoms with Crippen molar-refractivity contribution in [3.05, 3.63) is 93.0 Å². The van der Waals surface area contributed by atoms with Crippen molar-refractivity contribution in [1.29, 1.82) is 0 Å². The molecule has 1 saturated carbocycles. The van der Waals surface area contributed by atoms with E-state index in [0.717, 1.165) is 13.1 Å². The Hall–Kier alpha value is -4.26. The standard InChI is InChI=1S/C28H21ClFN5O3/c29-24-10-19(5-7-27(24)38-14-16-2-1-3-18(30)8-16)34-28-21-11-26(35(36)37)17(9-25(21)32-15-33-28)4-6-20-22-12-31-13-23(20)22/h1-3,5,7-11,15,20,22-23,31H,12-14H2,(H,32,33,34)/t20-,22+,23-. The second-order valence-electron chi connectivity index (χ2n) is 9.34. The largest absolute Gasteiger partial charge is 0.487 e. The molecule has 3 aromatic carbocycles. The van der Waals surface area contributed by atoms with E-state index in [1.807, 2.05) is 0 Å². The number of piperidine rings is 1. The molecule has 1 aromatic heterocycles. The van der Waals surface area contributed by atoms with Crippen LogP contribution in [-0.4, -0.2) is 28.0 Å². The lowest BCUT2D eigenvalue weighted by molar-refractivity contribution is -0.385. The number of nitro groups is 1. The first-order valence-electron chi connectivity index (χ1n) is 12.1. The van der Waals surface area contributed by atoms with E-state index in [1.54, 1.807) is 36.4 Å². The Bertz CT molecular complexity index is 1630. The Morgan fingerprint density at radius 3 is 2.76 bits per heavy atom. The molecule has 0 amide bonds. The number of nitro benzene ring substituents is 1. The molecule has 2 N–H and O–H groups in total. The summed E-state index contributed by atoms with van der Waals surface area (Å²) in [6, 6.07) is 14.3. The monoisotopic (exact) mass is 529 g/mol. The first-order valence-corrected chi connectivity index (χ1v) is 12.4. The third kappa shape index (κ3) is 4.84. The lowest BCUT2D eigenvalue weighted by Gasteiger charge is -2.12. The first-order chi connectivity index (χ1) is 18.5. The molecule has 2 aliphatic rings. The molecule has 190 valence electrons. The van der Waals surface area contributed by atoms with Crippen LogP contribution in [0.3, 0.4) is 0 Å². The number of anilines is 2. The van der Waals surface area contributed by atoms with Crippen LogP contribution >= 0.6 is 11.6 Å². The zero-order valence-corrected chi connectivity index (χ0v) is 20.7. The number of fused-ring (bicyclic) bond motifs is 2. The Morgan fingerprint density at radius 2 is 2.00 bits per heavy atom. The van der Waals surface area contributed by atoms with Crippen LogP contribution in [0.25, 0.3) is 10.9 Å². The Kier molecular flexibility index (Phi) is 6.27. The van der Waals surface area contributed by atoms with E-state index in [2.05, 4.69) is 32.4 Å². The normalized spacial score (nSPS) is 19.4. The average Bonchev–Trinajstić information content (AvgIpc) is 3.32. The summed E-state index contributed by atoms with van der Waals surface area (Å²) in [4.78, 5) is 20.0. The quantitative estimate of drug-likeness (QED) is 0.194. The summed E-state index contributed by atoms with van der Waals surface area (Å²) in [5, 5.41) is 19.2. The maximum absolute atomic E-state index is 13.4. The fourth-order valence-corrected chi connectivity index (χ4v) is 5.09. The van der Waals surface area contributed by atoms with Crippen molar-refractivity contribution in [1.82, 2.24) is 15.3 Å². The van der Waals surface area contributed by atoms with E-state index in [0.29, 0.717) is 62.1 Å². The minimum Gasteiger partial charge on any atom is -0.487 e. The number of ether oxygens (including phenoxy) is 1. The van der Waals surface area contributed by atoms with Gasteiger partial charge in [0.15, 0.2) is 0 Å². The molecule has 0 radical (unpaired) electrons. The number of benzene rings is 3. The van der Waals surface area contributed by atoms with Gasteiger partial charge in [0.25, 0.3) is 5.69 Å². The minimum atomic E-state index is -0.433. The van der Waals surface area contributed by atoms with E-state index in [-0.39, 0.29) is 18.1 Å². The Morgan fingerprint density at radius 1 is 1.16 bits per heavy atom. The molecule has 10 heteroatoms. The van der Waals surface area contributed by atoms with E-state index in [1.165, 1.54) is 24.5 Å². The molecule has 1 saturated heterocycles. The maximum atomic E-state index is 13.4. The van der Waals surface area contributed by atoms with Gasteiger partial charge in [-0.1, -0.05) is 35.6 Å². The first kappa shape index (κ1) is 24.1. The van der Waals surface area contributed by atoms with Crippen molar-refractivity contribution in [3.8, 4) is 17.6 Å². The van der Waals surface area contributed by atoms with Gasteiger partial charge in [-0.15, -0.1) is 0 Å². The van der Waals surface area contributed by atoms with Crippen LogP contribution in [0.5, 0.6) is 5.75 Å². The maximum Gasteiger partial charge on any atom is 0.285 e. The second-order valence-corrected chi connectivity index (χ2v) is 9.74. The topological polar surface area (TPSA) is 102 Å². The SMILES string of the molecule is O=[N+]([O-])c1cc2c(Nc3ccc(OCc4cccc(F)c4)c(Cl)c3)ncnc2cc1C#C[C@H]1[C@H]2CNC[C@@H]12. The van der Waals surface area contributed by atoms with Gasteiger partial charge in [0.05, 0.1) is 15.5 Å². The minimum absolute atomic E-state index is 0.0917. The van der Waals surface area contributed by atoms with Crippen LogP contribution < -0.4 is 15.4 Å². The highest BCUT2D eigenvalue weighted by Crippen LogP contribution is 2.48. The summed E-state index contributed by atoms with van der Waals surface area (Å²) in [6.07, 6.45) is 1.39. The second kappa shape index (κ2) is 9.89. The smallest absolute Gasteiger partial charge is 0.285 e. The number of nitrogens with zero attached hydrogens (tertiary/aromatic N) is 3. The van der Waals surface area contributed by atoms with E-state index in [4.69, 9.17) is 16.3 Å². The molecule has 1 aliphatic carbocycles. The summed E-state index contributed by atoms with van der Waals surface area (Å²) >= 11 is 6.42. The summed E-state index contributed by atoms with van der Waals surface area (Å²) in [7, 11) is 0. The molecule has 1 aliphatic heterocycles. The fourth-order valence-electron chi connectivity index (χ4n) is 4.86. The van der Waals surface area contributed by atoms with Gasteiger partial charge in [-0.2, -0.15) is 0 Å². The van der Waals surface area contributed by atoms with Crippen molar-refractivity contribution >= 4 is 39.7 Å². The predicted octanol–water partition coefficient (Wildman–Crippen LogP) is 5.47. The average molecular weight is 530 g/mol. The number of hydrogen-bond acceptors (Lipinski definition) is 7. The predicted molar refractivity (Wildman–Crippen MR) is 142 cm³/mol. The van der Waals surface area contributed by atoms with Crippen molar-refractivity contribution in [2.24, 2.45) is 17.8 Å². The van der Waals surface area contributed by atoms with E-state index < -0.39 is 4.92 Å². The summed E-state index contributed by atoms with van der Waals surface area (Å²) in [5.74, 6) is 8.13.